The van der Waals surface area contributed by atoms with E-state index in [2.05, 4.69) is 4.98 Å². The fourth-order valence-electron chi connectivity index (χ4n) is 1.97. The van der Waals surface area contributed by atoms with Crippen LogP contribution in [-0.2, 0) is 4.79 Å². The van der Waals surface area contributed by atoms with Crippen LogP contribution in [0.3, 0.4) is 0 Å². The molecule has 0 amide bonds. The van der Waals surface area contributed by atoms with Crippen molar-refractivity contribution >= 4 is 5.78 Å². The van der Waals surface area contributed by atoms with Crippen LogP contribution >= 0.6 is 0 Å². The Hall–Kier alpha value is -1.18. The molecule has 0 aliphatic heterocycles. The first-order valence-electron chi connectivity index (χ1n) is 4.73. The van der Waals surface area contributed by atoms with Crippen molar-refractivity contribution in [2.24, 2.45) is 0 Å². The van der Waals surface area contributed by atoms with Crippen LogP contribution in [0, 0.1) is 6.92 Å². The van der Waals surface area contributed by atoms with Crippen LogP contribution in [0.4, 0.5) is 0 Å². The molecule has 2 heteroatoms. The van der Waals surface area contributed by atoms with Gasteiger partial charge in [0.05, 0.1) is 11.6 Å². The van der Waals surface area contributed by atoms with Crippen molar-refractivity contribution in [1.82, 2.24) is 4.98 Å². The van der Waals surface area contributed by atoms with Gasteiger partial charge in [0.2, 0.25) is 0 Å². The number of rotatable bonds is 1. The maximum atomic E-state index is 11.5. The Morgan fingerprint density at radius 2 is 2.38 bits per heavy atom. The van der Waals surface area contributed by atoms with Gasteiger partial charge in [-0.15, -0.1) is 0 Å². The van der Waals surface area contributed by atoms with Crippen LogP contribution in [0.15, 0.2) is 18.3 Å². The zero-order valence-corrected chi connectivity index (χ0v) is 7.79. The van der Waals surface area contributed by atoms with Gasteiger partial charge in [0, 0.05) is 12.6 Å². The number of hydrogen-bond donors (Lipinski definition) is 0. The van der Waals surface area contributed by atoms with Gasteiger partial charge in [0.15, 0.2) is 0 Å². The summed E-state index contributed by atoms with van der Waals surface area (Å²) in [6, 6.07) is 3.94. The third-order valence-electron chi connectivity index (χ3n) is 2.68. The van der Waals surface area contributed by atoms with E-state index in [1.54, 1.807) is 6.20 Å². The molecule has 1 saturated carbocycles. The molecular weight excluding hydrogens is 162 g/mol. The molecule has 0 aromatic carbocycles. The molecule has 1 aromatic heterocycles. The van der Waals surface area contributed by atoms with Crippen LogP contribution < -0.4 is 0 Å². The van der Waals surface area contributed by atoms with Gasteiger partial charge in [0.1, 0.15) is 5.78 Å². The van der Waals surface area contributed by atoms with Gasteiger partial charge in [-0.2, -0.15) is 0 Å². The minimum Gasteiger partial charge on any atom is -0.299 e. The first-order valence-corrected chi connectivity index (χ1v) is 4.73. The molecule has 1 heterocycles. The van der Waals surface area contributed by atoms with Gasteiger partial charge < -0.3 is 0 Å². The van der Waals surface area contributed by atoms with Crippen LogP contribution in [0.25, 0.3) is 0 Å². The zero-order valence-electron chi connectivity index (χ0n) is 7.79. The van der Waals surface area contributed by atoms with Crippen molar-refractivity contribution in [1.29, 1.82) is 0 Å². The lowest BCUT2D eigenvalue weighted by Gasteiger charge is -2.09. The fraction of sp³-hybridized carbons (Fsp3) is 0.455. The molecule has 1 aliphatic rings. The fourth-order valence-corrected chi connectivity index (χ4v) is 1.97. The van der Waals surface area contributed by atoms with E-state index in [1.807, 2.05) is 19.1 Å². The van der Waals surface area contributed by atoms with Gasteiger partial charge in [-0.3, -0.25) is 9.78 Å². The van der Waals surface area contributed by atoms with E-state index in [-0.39, 0.29) is 5.92 Å². The highest BCUT2D eigenvalue weighted by atomic mass is 16.1. The second-order valence-corrected chi connectivity index (χ2v) is 3.62. The van der Waals surface area contributed by atoms with Crippen molar-refractivity contribution in [3.63, 3.8) is 0 Å². The SMILES string of the molecule is Cc1cccnc1C1CCCC1=O. The summed E-state index contributed by atoms with van der Waals surface area (Å²) in [4.78, 5) is 15.8. The minimum absolute atomic E-state index is 0.0844. The highest BCUT2D eigenvalue weighted by Crippen LogP contribution is 2.31. The standard InChI is InChI=1S/C11H13NO/c1-8-4-3-7-12-11(8)9-5-2-6-10(9)13/h3-4,7,9H,2,5-6H2,1H3. The van der Waals surface area contributed by atoms with Crippen molar-refractivity contribution in [2.45, 2.75) is 32.1 Å². The van der Waals surface area contributed by atoms with Crippen LogP contribution in [0.1, 0.15) is 36.4 Å². The number of carbonyl (C=O) groups excluding carboxylic acids is 1. The van der Waals surface area contributed by atoms with E-state index in [1.165, 1.54) is 0 Å². The van der Waals surface area contributed by atoms with Gasteiger partial charge in [-0.25, -0.2) is 0 Å². The summed E-state index contributed by atoms with van der Waals surface area (Å²) < 4.78 is 0. The molecule has 1 aromatic rings. The summed E-state index contributed by atoms with van der Waals surface area (Å²) in [6.45, 7) is 2.02. The van der Waals surface area contributed by atoms with E-state index in [0.717, 1.165) is 30.5 Å². The Morgan fingerprint density at radius 3 is 3.00 bits per heavy atom. The Balaban J connectivity index is 2.34. The summed E-state index contributed by atoms with van der Waals surface area (Å²) >= 11 is 0. The monoisotopic (exact) mass is 175 g/mol. The van der Waals surface area contributed by atoms with E-state index < -0.39 is 0 Å². The van der Waals surface area contributed by atoms with Crippen molar-refractivity contribution in [3.8, 4) is 0 Å². The average molecular weight is 175 g/mol. The number of pyridine rings is 1. The molecule has 68 valence electrons. The smallest absolute Gasteiger partial charge is 0.141 e. The van der Waals surface area contributed by atoms with Gasteiger partial charge in [-0.1, -0.05) is 6.07 Å². The summed E-state index contributed by atoms with van der Waals surface area (Å²) in [5.41, 5.74) is 2.13. The second kappa shape index (κ2) is 3.29. The molecule has 1 aliphatic carbocycles. The molecule has 0 saturated heterocycles. The molecule has 0 bridgehead atoms. The zero-order chi connectivity index (χ0) is 9.26. The summed E-state index contributed by atoms with van der Waals surface area (Å²) in [7, 11) is 0. The van der Waals surface area contributed by atoms with Gasteiger partial charge in [0.25, 0.3) is 0 Å². The Kier molecular flexibility index (Phi) is 2.13. The Morgan fingerprint density at radius 1 is 1.54 bits per heavy atom. The van der Waals surface area contributed by atoms with E-state index >= 15 is 0 Å². The molecule has 13 heavy (non-hydrogen) atoms. The Bertz CT molecular complexity index is 333. The number of aryl methyl sites for hydroxylation is 1. The second-order valence-electron chi connectivity index (χ2n) is 3.62. The lowest BCUT2D eigenvalue weighted by Crippen LogP contribution is -2.07. The first kappa shape index (κ1) is 8.42. The normalized spacial score (nSPS) is 22.2. The van der Waals surface area contributed by atoms with E-state index in [4.69, 9.17) is 0 Å². The molecule has 0 N–H and O–H groups in total. The Labute approximate surface area is 78.0 Å². The number of aromatic nitrogens is 1. The van der Waals surface area contributed by atoms with Crippen molar-refractivity contribution < 1.29 is 4.79 Å². The molecule has 0 radical (unpaired) electrons. The number of carbonyl (C=O) groups is 1. The summed E-state index contributed by atoms with van der Waals surface area (Å²) in [5.74, 6) is 0.447. The third-order valence-corrected chi connectivity index (χ3v) is 2.68. The highest BCUT2D eigenvalue weighted by molar-refractivity contribution is 5.87. The molecule has 1 fully saturated rings. The van der Waals surface area contributed by atoms with Crippen molar-refractivity contribution in [2.75, 3.05) is 0 Å². The maximum absolute atomic E-state index is 11.5. The third kappa shape index (κ3) is 1.48. The molecule has 2 rings (SSSR count). The summed E-state index contributed by atoms with van der Waals surface area (Å²) in [6.07, 6.45) is 4.52. The number of nitrogens with zero attached hydrogens (tertiary/aromatic N) is 1. The topological polar surface area (TPSA) is 30.0 Å². The molecular formula is C11H13NO. The van der Waals surface area contributed by atoms with Gasteiger partial charge in [-0.05, 0) is 31.4 Å². The maximum Gasteiger partial charge on any atom is 0.141 e. The largest absolute Gasteiger partial charge is 0.299 e. The van der Waals surface area contributed by atoms with Crippen LogP contribution in [0.5, 0.6) is 0 Å². The first-order chi connectivity index (χ1) is 6.29. The average Bonchev–Trinajstić information content (AvgIpc) is 2.52. The highest BCUT2D eigenvalue weighted by Gasteiger charge is 2.27. The molecule has 0 spiro atoms. The van der Waals surface area contributed by atoms with Crippen LogP contribution in [0.2, 0.25) is 0 Å². The number of hydrogen-bond acceptors (Lipinski definition) is 2. The lowest BCUT2D eigenvalue weighted by atomic mass is 9.99. The van der Waals surface area contributed by atoms with E-state index in [0.29, 0.717) is 5.78 Å². The number of Topliss-reactive ketones (excluding diaryl/α,β-unsaturated/α-hetero) is 1. The summed E-state index contributed by atoms with van der Waals surface area (Å²) in [5, 5.41) is 0. The molecule has 1 unspecified atom stereocenters. The van der Waals surface area contributed by atoms with Crippen LogP contribution in [-0.4, -0.2) is 10.8 Å². The predicted molar refractivity (Wildman–Crippen MR) is 50.6 cm³/mol. The minimum atomic E-state index is 0.0844. The quantitative estimate of drug-likeness (QED) is 0.655. The van der Waals surface area contributed by atoms with Crippen molar-refractivity contribution in [3.05, 3.63) is 29.6 Å². The number of ketones is 1. The molecule has 1 atom stereocenters. The molecule has 2 nitrogen and oxygen atoms in total. The lowest BCUT2D eigenvalue weighted by molar-refractivity contribution is -0.118. The van der Waals surface area contributed by atoms with E-state index in [9.17, 15) is 4.79 Å². The predicted octanol–water partition coefficient (Wildman–Crippen LogP) is 2.23. The van der Waals surface area contributed by atoms with Gasteiger partial charge >= 0.3 is 0 Å².